The molecule has 1 amide bonds. The molecular weight excluding hydrogens is 222 g/mol. The van der Waals surface area contributed by atoms with Crippen molar-refractivity contribution in [2.24, 2.45) is 5.73 Å². The average molecular weight is 241 g/mol. The number of nitrogens with two attached hydrogens (primary N) is 1. The third-order valence-electron chi connectivity index (χ3n) is 2.40. The Hall–Kier alpha value is -1.21. The van der Waals surface area contributed by atoms with Gasteiger partial charge >= 0.3 is 0 Å². The van der Waals surface area contributed by atoms with Crippen molar-refractivity contribution in [1.82, 2.24) is 10.8 Å². The van der Waals surface area contributed by atoms with Crippen LogP contribution >= 0.6 is 0 Å². The van der Waals surface area contributed by atoms with Gasteiger partial charge in [0.05, 0.1) is 19.3 Å². The Morgan fingerprint density at radius 2 is 2.59 bits per heavy atom. The van der Waals surface area contributed by atoms with E-state index in [0.717, 1.165) is 0 Å². The lowest BCUT2D eigenvalue weighted by Gasteiger charge is -2.28. The van der Waals surface area contributed by atoms with Gasteiger partial charge in [0.15, 0.2) is 0 Å². The summed E-state index contributed by atoms with van der Waals surface area (Å²) in [7, 11) is 1.61. The first-order valence-electron chi connectivity index (χ1n) is 5.41. The summed E-state index contributed by atoms with van der Waals surface area (Å²) in [6, 6.07) is -0.250. The fraction of sp³-hybridized carbons (Fsp3) is 0.545. The fourth-order valence-electron chi connectivity index (χ4n) is 1.62. The maximum atomic E-state index is 11.3. The Balaban J connectivity index is 2.62. The molecule has 0 fully saturated rings. The minimum Gasteiger partial charge on any atom is -0.383 e. The molecular formula is C11H19N3O3. The SMILES string of the molecule is C=CCONC1CNC(COC)C=C1C(N)=O. The number of ether oxygens (including phenoxy) is 1. The molecule has 0 aliphatic carbocycles. The molecule has 6 nitrogen and oxygen atoms in total. The van der Waals surface area contributed by atoms with Gasteiger partial charge in [0, 0.05) is 25.3 Å². The van der Waals surface area contributed by atoms with Gasteiger partial charge in [-0.2, -0.15) is 5.48 Å². The van der Waals surface area contributed by atoms with Crippen LogP contribution in [-0.2, 0) is 14.4 Å². The number of nitrogens with one attached hydrogen (secondary N) is 2. The van der Waals surface area contributed by atoms with Crippen LogP contribution in [0, 0.1) is 0 Å². The van der Waals surface area contributed by atoms with E-state index in [4.69, 9.17) is 15.3 Å². The zero-order valence-electron chi connectivity index (χ0n) is 9.94. The number of amides is 1. The number of methoxy groups -OCH3 is 1. The van der Waals surface area contributed by atoms with E-state index in [2.05, 4.69) is 17.4 Å². The van der Waals surface area contributed by atoms with Crippen LogP contribution in [0.15, 0.2) is 24.3 Å². The summed E-state index contributed by atoms with van der Waals surface area (Å²) in [5, 5.41) is 3.20. The first-order valence-corrected chi connectivity index (χ1v) is 5.41. The zero-order valence-corrected chi connectivity index (χ0v) is 9.94. The summed E-state index contributed by atoms with van der Waals surface area (Å²) in [5.74, 6) is -0.452. The molecule has 96 valence electrons. The number of primary amides is 1. The Kier molecular flexibility index (Phi) is 5.85. The molecule has 6 heteroatoms. The van der Waals surface area contributed by atoms with Gasteiger partial charge in [-0.15, -0.1) is 6.58 Å². The topological polar surface area (TPSA) is 85.6 Å². The third-order valence-corrected chi connectivity index (χ3v) is 2.40. The van der Waals surface area contributed by atoms with Gasteiger partial charge in [0.1, 0.15) is 0 Å². The molecule has 0 saturated carbocycles. The monoisotopic (exact) mass is 241 g/mol. The Morgan fingerprint density at radius 3 is 3.18 bits per heavy atom. The predicted octanol–water partition coefficient (Wildman–Crippen LogP) is -0.908. The third kappa shape index (κ3) is 4.27. The van der Waals surface area contributed by atoms with Crippen LogP contribution in [0.5, 0.6) is 0 Å². The summed E-state index contributed by atoms with van der Waals surface area (Å²) in [6.07, 6.45) is 3.38. The van der Waals surface area contributed by atoms with Crippen molar-refractivity contribution in [2.75, 3.05) is 26.9 Å². The highest BCUT2D eigenvalue weighted by Gasteiger charge is 2.25. The van der Waals surface area contributed by atoms with E-state index >= 15 is 0 Å². The van der Waals surface area contributed by atoms with Gasteiger partial charge in [0.2, 0.25) is 5.91 Å². The lowest BCUT2D eigenvalue weighted by molar-refractivity contribution is -0.115. The molecule has 4 N–H and O–H groups in total. The molecule has 1 rings (SSSR count). The minimum absolute atomic E-state index is 0.0000423. The Labute approximate surface area is 101 Å². The smallest absolute Gasteiger partial charge is 0.246 e. The Bertz CT molecular complexity index is 304. The summed E-state index contributed by atoms with van der Waals surface area (Å²) in [6.45, 7) is 4.95. The number of rotatable bonds is 7. The first-order chi connectivity index (χ1) is 8.19. The van der Waals surface area contributed by atoms with Gasteiger partial charge in [-0.25, -0.2) is 0 Å². The molecule has 0 saturated heterocycles. The zero-order chi connectivity index (χ0) is 12.7. The number of carbonyl (C=O) groups excluding carboxylic acids is 1. The molecule has 0 aromatic rings. The van der Waals surface area contributed by atoms with E-state index in [9.17, 15) is 4.79 Å². The van der Waals surface area contributed by atoms with E-state index in [1.165, 1.54) is 0 Å². The van der Waals surface area contributed by atoms with Gasteiger partial charge in [0.25, 0.3) is 0 Å². The second kappa shape index (κ2) is 7.18. The molecule has 2 unspecified atom stereocenters. The second-order valence-electron chi connectivity index (χ2n) is 3.73. The lowest BCUT2D eigenvalue weighted by Crippen LogP contribution is -2.51. The summed E-state index contributed by atoms with van der Waals surface area (Å²) in [5.41, 5.74) is 8.61. The van der Waals surface area contributed by atoms with Crippen LogP contribution in [0.1, 0.15) is 0 Å². The van der Waals surface area contributed by atoms with Crippen LogP contribution in [0.3, 0.4) is 0 Å². The van der Waals surface area contributed by atoms with Gasteiger partial charge in [-0.05, 0) is 0 Å². The van der Waals surface area contributed by atoms with Crippen molar-refractivity contribution in [1.29, 1.82) is 0 Å². The van der Waals surface area contributed by atoms with Crippen molar-refractivity contribution in [3.63, 3.8) is 0 Å². The van der Waals surface area contributed by atoms with Gasteiger partial charge in [-0.3, -0.25) is 9.63 Å². The van der Waals surface area contributed by atoms with Crippen molar-refractivity contribution >= 4 is 5.91 Å². The highest BCUT2D eigenvalue weighted by atomic mass is 16.6. The number of hydroxylamine groups is 1. The van der Waals surface area contributed by atoms with Crippen LogP contribution in [0.25, 0.3) is 0 Å². The largest absolute Gasteiger partial charge is 0.383 e. The van der Waals surface area contributed by atoms with Gasteiger partial charge < -0.3 is 15.8 Å². The van der Waals surface area contributed by atoms with Crippen LogP contribution < -0.4 is 16.5 Å². The van der Waals surface area contributed by atoms with E-state index < -0.39 is 5.91 Å². The van der Waals surface area contributed by atoms with Gasteiger partial charge in [-0.1, -0.05) is 12.2 Å². The molecule has 17 heavy (non-hydrogen) atoms. The van der Waals surface area contributed by atoms with Crippen molar-refractivity contribution < 1.29 is 14.4 Å². The van der Waals surface area contributed by atoms with E-state index in [1.807, 2.05) is 0 Å². The molecule has 0 spiro atoms. The van der Waals surface area contributed by atoms with E-state index in [0.29, 0.717) is 25.3 Å². The summed E-state index contributed by atoms with van der Waals surface area (Å²) in [4.78, 5) is 16.4. The molecule has 1 aliphatic heterocycles. The molecule has 1 aliphatic rings. The predicted molar refractivity (Wildman–Crippen MR) is 64.0 cm³/mol. The average Bonchev–Trinajstić information content (AvgIpc) is 2.31. The second-order valence-corrected chi connectivity index (χ2v) is 3.73. The highest BCUT2D eigenvalue weighted by Crippen LogP contribution is 2.09. The maximum Gasteiger partial charge on any atom is 0.246 e. The maximum absolute atomic E-state index is 11.3. The van der Waals surface area contributed by atoms with Crippen molar-refractivity contribution in [3.8, 4) is 0 Å². The molecule has 0 aromatic heterocycles. The van der Waals surface area contributed by atoms with Crippen molar-refractivity contribution in [3.05, 3.63) is 24.3 Å². The molecule has 0 radical (unpaired) electrons. The molecule has 0 bridgehead atoms. The quantitative estimate of drug-likeness (QED) is 0.305. The molecule has 1 heterocycles. The first kappa shape index (κ1) is 13.9. The fourth-order valence-corrected chi connectivity index (χ4v) is 1.62. The number of hydrogen-bond acceptors (Lipinski definition) is 5. The van der Waals surface area contributed by atoms with Crippen LogP contribution in [-0.4, -0.2) is 44.9 Å². The number of carbonyl (C=O) groups is 1. The molecule has 0 aromatic carbocycles. The molecule has 2 atom stereocenters. The lowest BCUT2D eigenvalue weighted by atomic mass is 10.00. The standard InChI is InChI=1S/C11H19N3O3/c1-3-4-17-14-10-6-13-8(7-16-2)5-9(10)11(12)15/h3,5,8,10,13-14H,1,4,6-7H2,2H3,(H2,12,15). The Morgan fingerprint density at radius 1 is 1.82 bits per heavy atom. The van der Waals surface area contributed by atoms with Crippen LogP contribution in [0.2, 0.25) is 0 Å². The van der Waals surface area contributed by atoms with Crippen LogP contribution in [0.4, 0.5) is 0 Å². The number of hydrogen-bond donors (Lipinski definition) is 3. The van der Waals surface area contributed by atoms with Crippen molar-refractivity contribution in [2.45, 2.75) is 12.1 Å². The summed E-state index contributed by atoms with van der Waals surface area (Å²) >= 11 is 0. The van der Waals surface area contributed by atoms with E-state index in [1.54, 1.807) is 19.3 Å². The minimum atomic E-state index is -0.452. The van der Waals surface area contributed by atoms with E-state index in [-0.39, 0.29) is 12.1 Å². The highest BCUT2D eigenvalue weighted by molar-refractivity contribution is 5.93. The normalized spacial score (nSPS) is 24.2. The summed E-state index contributed by atoms with van der Waals surface area (Å²) < 4.78 is 5.02.